The normalized spacial score (nSPS) is 19.8. The maximum atomic E-state index is 13.2. The minimum Gasteiger partial charge on any atom is -0.341 e. The van der Waals surface area contributed by atoms with E-state index in [9.17, 15) is 9.59 Å². The zero-order valence-corrected chi connectivity index (χ0v) is 15.8. The Morgan fingerprint density at radius 3 is 2.33 bits per heavy atom. The highest BCUT2D eigenvalue weighted by molar-refractivity contribution is 6.02. The number of fused-ring (bicyclic) bond motifs is 1. The summed E-state index contributed by atoms with van der Waals surface area (Å²) >= 11 is 0. The van der Waals surface area contributed by atoms with Crippen molar-refractivity contribution in [3.05, 3.63) is 65.7 Å². The summed E-state index contributed by atoms with van der Waals surface area (Å²) in [4.78, 5) is 29.1. The molecular formula is C23H26N2O2. The van der Waals surface area contributed by atoms with Crippen LogP contribution in [0.2, 0.25) is 0 Å². The van der Waals surface area contributed by atoms with Gasteiger partial charge in [-0.15, -0.1) is 0 Å². The van der Waals surface area contributed by atoms with Crippen LogP contribution in [-0.4, -0.2) is 35.8 Å². The van der Waals surface area contributed by atoms with Crippen LogP contribution >= 0.6 is 0 Å². The maximum absolute atomic E-state index is 13.2. The SMILES string of the molecule is CC(=O)N1c2ccccc2CC1C(=O)N1CCC(Cc2ccccc2)CC1. The zero-order chi connectivity index (χ0) is 18.8. The maximum Gasteiger partial charge on any atom is 0.246 e. The van der Waals surface area contributed by atoms with E-state index in [1.807, 2.05) is 35.2 Å². The minimum absolute atomic E-state index is 0.0581. The van der Waals surface area contributed by atoms with Crippen LogP contribution in [0.3, 0.4) is 0 Å². The fraction of sp³-hybridized carbons (Fsp3) is 0.391. The van der Waals surface area contributed by atoms with Crippen LogP contribution in [0, 0.1) is 5.92 Å². The molecule has 27 heavy (non-hydrogen) atoms. The second kappa shape index (κ2) is 7.55. The molecule has 0 aromatic heterocycles. The number of carbonyl (C=O) groups is 2. The van der Waals surface area contributed by atoms with Gasteiger partial charge in [0.2, 0.25) is 11.8 Å². The summed E-state index contributed by atoms with van der Waals surface area (Å²) in [7, 11) is 0. The number of amides is 2. The van der Waals surface area contributed by atoms with Gasteiger partial charge in [-0.2, -0.15) is 0 Å². The Balaban J connectivity index is 1.40. The molecule has 0 N–H and O–H groups in total. The molecule has 1 unspecified atom stereocenters. The third kappa shape index (κ3) is 3.61. The van der Waals surface area contributed by atoms with Crippen LogP contribution in [0.4, 0.5) is 5.69 Å². The van der Waals surface area contributed by atoms with Crippen molar-refractivity contribution >= 4 is 17.5 Å². The molecule has 2 aliphatic heterocycles. The third-order valence-corrected chi connectivity index (χ3v) is 5.89. The van der Waals surface area contributed by atoms with Gasteiger partial charge in [0, 0.05) is 32.1 Å². The molecule has 0 bridgehead atoms. The largest absolute Gasteiger partial charge is 0.341 e. The number of rotatable bonds is 3. The van der Waals surface area contributed by atoms with Crippen LogP contribution < -0.4 is 4.90 Å². The Bertz CT molecular complexity index is 825. The van der Waals surface area contributed by atoms with Gasteiger partial charge in [-0.25, -0.2) is 0 Å². The van der Waals surface area contributed by atoms with Crippen LogP contribution in [0.1, 0.15) is 30.9 Å². The Morgan fingerprint density at radius 2 is 1.63 bits per heavy atom. The van der Waals surface area contributed by atoms with Gasteiger partial charge in [0.15, 0.2) is 0 Å². The molecule has 140 valence electrons. The van der Waals surface area contributed by atoms with Gasteiger partial charge >= 0.3 is 0 Å². The van der Waals surface area contributed by atoms with Gasteiger partial charge in [0.25, 0.3) is 0 Å². The van der Waals surface area contributed by atoms with Crippen molar-refractivity contribution in [1.29, 1.82) is 0 Å². The van der Waals surface area contributed by atoms with Gasteiger partial charge in [0.1, 0.15) is 6.04 Å². The number of carbonyl (C=O) groups excluding carboxylic acids is 2. The molecular weight excluding hydrogens is 336 g/mol. The van der Waals surface area contributed by atoms with E-state index in [0.717, 1.165) is 43.6 Å². The van der Waals surface area contributed by atoms with E-state index in [0.29, 0.717) is 12.3 Å². The van der Waals surface area contributed by atoms with Gasteiger partial charge in [-0.1, -0.05) is 48.5 Å². The molecule has 4 heteroatoms. The van der Waals surface area contributed by atoms with Crippen molar-refractivity contribution in [2.45, 2.75) is 38.6 Å². The number of para-hydroxylation sites is 1. The molecule has 2 amide bonds. The first-order valence-corrected chi connectivity index (χ1v) is 9.84. The molecule has 2 aliphatic rings. The lowest BCUT2D eigenvalue weighted by atomic mass is 9.90. The fourth-order valence-corrected chi connectivity index (χ4v) is 4.49. The molecule has 0 radical (unpaired) electrons. The summed E-state index contributed by atoms with van der Waals surface area (Å²) < 4.78 is 0. The summed E-state index contributed by atoms with van der Waals surface area (Å²) in [6.07, 6.45) is 3.76. The van der Waals surface area contributed by atoms with Crippen LogP contribution in [-0.2, 0) is 22.4 Å². The molecule has 2 aromatic carbocycles. The van der Waals surface area contributed by atoms with E-state index >= 15 is 0 Å². The number of anilines is 1. The summed E-state index contributed by atoms with van der Waals surface area (Å²) in [5, 5.41) is 0. The van der Waals surface area contributed by atoms with Gasteiger partial charge < -0.3 is 4.90 Å². The molecule has 2 heterocycles. The van der Waals surface area contributed by atoms with Crippen LogP contribution in [0.25, 0.3) is 0 Å². The molecule has 0 spiro atoms. The van der Waals surface area contributed by atoms with Crippen molar-refractivity contribution in [3.63, 3.8) is 0 Å². The summed E-state index contributed by atoms with van der Waals surface area (Å²) in [5.74, 6) is 0.665. The molecule has 4 nitrogen and oxygen atoms in total. The van der Waals surface area contributed by atoms with E-state index in [4.69, 9.17) is 0 Å². The fourth-order valence-electron chi connectivity index (χ4n) is 4.49. The zero-order valence-electron chi connectivity index (χ0n) is 15.8. The first-order valence-electron chi connectivity index (χ1n) is 9.84. The minimum atomic E-state index is -0.384. The lowest BCUT2D eigenvalue weighted by Crippen LogP contribution is -2.51. The lowest BCUT2D eigenvalue weighted by molar-refractivity contribution is -0.135. The Hall–Kier alpha value is -2.62. The summed E-state index contributed by atoms with van der Waals surface area (Å²) in [5.41, 5.74) is 3.35. The predicted octanol–water partition coefficient (Wildman–Crippen LogP) is 3.45. The number of nitrogens with zero attached hydrogens (tertiary/aromatic N) is 2. The first-order chi connectivity index (χ1) is 13.1. The molecule has 1 atom stereocenters. The number of benzene rings is 2. The molecule has 2 aromatic rings. The van der Waals surface area contributed by atoms with Crippen molar-refractivity contribution in [3.8, 4) is 0 Å². The number of piperidine rings is 1. The average molecular weight is 362 g/mol. The van der Waals surface area contributed by atoms with Gasteiger partial charge in [-0.05, 0) is 42.4 Å². The quantitative estimate of drug-likeness (QED) is 0.839. The van der Waals surface area contributed by atoms with E-state index in [1.54, 1.807) is 11.8 Å². The lowest BCUT2D eigenvalue weighted by Gasteiger charge is -2.35. The smallest absolute Gasteiger partial charge is 0.246 e. The topological polar surface area (TPSA) is 40.6 Å². The highest BCUT2D eigenvalue weighted by atomic mass is 16.2. The van der Waals surface area contributed by atoms with E-state index in [-0.39, 0.29) is 17.9 Å². The second-order valence-corrected chi connectivity index (χ2v) is 7.70. The van der Waals surface area contributed by atoms with Crippen LogP contribution in [0.5, 0.6) is 0 Å². The molecule has 0 aliphatic carbocycles. The summed E-state index contributed by atoms with van der Waals surface area (Å²) in [6.45, 7) is 3.12. The highest BCUT2D eigenvalue weighted by Crippen LogP contribution is 2.33. The van der Waals surface area contributed by atoms with Crippen molar-refractivity contribution in [2.75, 3.05) is 18.0 Å². The predicted molar refractivity (Wildman–Crippen MR) is 107 cm³/mol. The average Bonchev–Trinajstić information content (AvgIpc) is 3.09. The number of likely N-dealkylation sites (tertiary alicyclic amines) is 1. The molecule has 1 saturated heterocycles. The standard InChI is InChI=1S/C23H26N2O2/c1-17(26)25-21-10-6-5-9-20(21)16-22(25)23(27)24-13-11-19(12-14-24)15-18-7-3-2-4-8-18/h2-10,19,22H,11-16H2,1H3. The summed E-state index contributed by atoms with van der Waals surface area (Å²) in [6, 6.07) is 18.0. The van der Waals surface area contributed by atoms with E-state index in [2.05, 4.69) is 24.3 Å². The van der Waals surface area contributed by atoms with Crippen molar-refractivity contribution in [1.82, 2.24) is 4.90 Å². The second-order valence-electron chi connectivity index (χ2n) is 7.70. The molecule has 1 fully saturated rings. The molecule has 4 rings (SSSR count). The van der Waals surface area contributed by atoms with Gasteiger partial charge in [0.05, 0.1) is 0 Å². The monoisotopic (exact) mass is 362 g/mol. The van der Waals surface area contributed by atoms with Crippen molar-refractivity contribution < 1.29 is 9.59 Å². The van der Waals surface area contributed by atoms with Crippen molar-refractivity contribution in [2.24, 2.45) is 5.92 Å². The first kappa shape index (κ1) is 17.8. The Labute approximate surface area is 160 Å². The van der Waals surface area contributed by atoms with E-state index in [1.165, 1.54) is 5.56 Å². The molecule has 0 saturated carbocycles. The Morgan fingerprint density at radius 1 is 0.963 bits per heavy atom. The third-order valence-electron chi connectivity index (χ3n) is 5.89. The Kier molecular flexibility index (Phi) is 4.97. The van der Waals surface area contributed by atoms with Crippen LogP contribution in [0.15, 0.2) is 54.6 Å². The highest BCUT2D eigenvalue weighted by Gasteiger charge is 2.39. The van der Waals surface area contributed by atoms with E-state index < -0.39 is 0 Å². The number of hydrogen-bond donors (Lipinski definition) is 0. The van der Waals surface area contributed by atoms with Gasteiger partial charge in [-0.3, -0.25) is 14.5 Å². The number of hydrogen-bond acceptors (Lipinski definition) is 2.